The number of halogens is 1. The predicted molar refractivity (Wildman–Crippen MR) is 115 cm³/mol. The summed E-state index contributed by atoms with van der Waals surface area (Å²) in [5.41, 5.74) is 3.02. The summed E-state index contributed by atoms with van der Waals surface area (Å²) in [6, 6.07) is 15.7. The van der Waals surface area contributed by atoms with E-state index in [0.717, 1.165) is 16.8 Å². The van der Waals surface area contributed by atoms with Crippen molar-refractivity contribution in [1.82, 2.24) is 24.3 Å². The van der Waals surface area contributed by atoms with E-state index in [1.54, 1.807) is 22.9 Å². The first-order chi connectivity index (χ1) is 14.9. The second-order valence-corrected chi connectivity index (χ2v) is 9.60. The van der Waals surface area contributed by atoms with Gasteiger partial charge in [-0.1, -0.05) is 35.9 Å². The fraction of sp³-hybridized carbons (Fsp3) is 0.190. The van der Waals surface area contributed by atoms with E-state index < -0.39 is 10.0 Å². The maximum atomic E-state index is 13.2. The van der Waals surface area contributed by atoms with Gasteiger partial charge >= 0.3 is 0 Å². The normalized spacial score (nSPS) is 14.5. The molecule has 1 aliphatic heterocycles. The number of benzene rings is 2. The molecular formula is C21H18ClN5O3S. The number of nitrogens with zero attached hydrogens (tertiary/aromatic N) is 5. The molecule has 3 heterocycles. The SMILES string of the molecule is Cn1nc(-c2nnc(-c3ccccc3)o2)c2c1CCN(S(=O)(=O)c1cccc(Cl)c1)C2. The zero-order valence-corrected chi connectivity index (χ0v) is 18.1. The Labute approximate surface area is 184 Å². The average Bonchev–Trinajstić information content (AvgIpc) is 3.39. The maximum Gasteiger partial charge on any atom is 0.268 e. The fourth-order valence-electron chi connectivity index (χ4n) is 3.74. The second kappa shape index (κ2) is 7.60. The molecular weight excluding hydrogens is 438 g/mol. The molecule has 0 spiro atoms. The Morgan fingerprint density at radius 2 is 1.81 bits per heavy atom. The van der Waals surface area contributed by atoms with Gasteiger partial charge < -0.3 is 4.42 Å². The van der Waals surface area contributed by atoms with E-state index in [9.17, 15) is 8.42 Å². The highest BCUT2D eigenvalue weighted by molar-refractivity contribution is 7.89. The van der Waals surface area contributed by atoms with E-state index in [4.69, 9.17) is 16.0 Å². The topological polar surface area (TPSA) is 94.1 Å². The molecule has 0 amide bonds. The van der Waals surface area contributed by atoms with Crippen molar-refractivity contribution in [3.8, 4) is 23.0 Å². The van der Waals surface area contributed by atoms with Crippen molar-refractivity contribution in [2.75, 3.05) is 6.54 Å². The van der Waals surface area contributed by atoms with Gasteiger partial charge in [0.05, 0.1) is 4.90 Å². The molecule has 0 saturated heterocycles. The number of aromatic nitrogens is 4. The van der Waals surface area contributed by atoms with Crippen LogP contribution in [0, 0.1) is 0 Å². The van der Waals surface area contributed by atoms with Gasteiger partial charge in [-0.15, -0.1) is 10.2 Å². The first-order valence-electron chi connectivity index (χ1n) is 9.63. The quantitative estimate of drug-likeness (QED) is 0.467. The molecule has 0 N–H and O–H groups in total. The number of hydrogen-bond donors (Lipinski definition) is 0. The molecule has 4 aromatic rings. The third-order valence-corrected chi connectivity index (χ3v) is 7.37. The lowest BCUT2D eigenvalue weighted by Crippen LogP contribution is -2.36. The van der Waals surface area contributed by atoms with Crippen molar-refractivity contribution in [1.29, 1.82) is 0 Å². The van der Waals surface area contributed by atoms with Crippen LogP contribution in [0.15, 0.2) is 63.9 Å². The van der Waals surface area contributed by atoms with Gasteiger partial charge in [-0.05, 0) is 30.3 Å². The highest BCUT2D eigenvalue weighted by Gasteiger charge is 2.33. The Morgan fingerprint density at radius 3 is 2.58 bits per heavy atom. The largest absolute Gasteiger partial charge is 0.415 e. The molecule has 158 valence electrons. The minimum Gasteiger partial charge on any atom is -0.415 e. The van der Waals surface area contributed by atoms with Crippen molar-refractivity contribution < 1.29 is 12.8 Å². The van der Waals surface area contributed by atoms with Gasteiger partial charge in [0.25, 0.3) is 5.89 Å². The molecule has 0 fully saturated rings. The van der Waals surface area contributed by atoms with Crippen LogP contribution in [0.2, 0.25) is 5.02 Å². The summed E-state index contributed by atoms with van der Waals surface area (Å²) >= 11 is 6.01. The number of sulfonamides is 1. The van der Waals surface area contributed by atoms with Crippen LogP contribution in [0.3, 0.4) is 0 Å². The Bertz CT molecular complexity index is 1360. The Kier molecular flexibility index (Phi) is 4.88. The fourth-order valence-corrected chi connectivity index (χ4v) is 5.45. The van der Waals surface area contributed by atoms with Gasteiger partial charge in [-0.25, -0.2) is 8.42 Å². The zero-order chi connectivity index (χ0) is 21.6. The first kappa shape index (κ1) is 19.9. The smallest absolute Gasteiger partial charge is 0.268 e. The van der Waals surface area contributed by atoms with E-state index in [0.29, 0.717) is 29.6 Å². The second-order valence-electron chi connectivity index (χ2n) is 7.22. The lowest BCUT2D eigenvalue weighted by Gasteiger charge is -2.26. The highest BCUT2D eigenvalue weighted by atomic mass is 35.5. The van der Waals surface area contributed by atoms with Crippen molar-refractivity contribution in [3.05, 3.63) is 70.9 Å². The van der Waals surface area contributed by atoms with Crippen LogP contribution in [-0.4, -0.2) is 39.2 Å². The minimum atomic E-state index is -3.71. The van der Waals surface area contributed by atoms with Gasteiger partial charge in [0, 0.05) is 48.4 Å². The first-order valence-corrected chi connectivity index (χ1v) is 11.4. The summed E-state index contributed by atoms with van der Waals surface area (Å²) < 4.78 is 35.4. The van der Waals surface area contributed by atoms with Crippen LogP contribution in [0.25, 0.3) is 23.0 Å². The van der Waals surface area contributed by atoms with Crippen LogP contribution in [0.1, 0.15) is 11.3 Å². The van der Waals surface area contributed by atoms with Gasteiger partial charge in [0.1, 0.15) is 0 Å². The molecule has 31 heavy (non-hydrogen) atoms. The number of fused-ring (bicyclic) bond motifs is 1. The van der Waals surface area contributed by atoms with Crippen LogP contribution in [0.4, 0.5) is 0 Å². The lowest BCUT2D eigenvalue weighted by molar-refractivity contribution is 0.386. The highest BCUT2D eigenvalue weighted by Crippen LogP contribution is 2.33. The molecule has 0 radical (unpaired) electrons. The molecule has 8 nitrogen and oxygen atoms in total. The molecule has 2 aromatic carbocycles. The van der Waals surface area contributed by atoms with E-state index >= 15 is 0 Å². The Balaban J connectivity index is 1.51. The van der Waals surface area contributed by atoms with Crippen LogP contribution >= 0.6 is 11.6 Å². The minimum absolute atomic E-state index is 0.163. The van der Waals surface area contributed by atoms with Crippen molar-refractivity contribution >= 4 is 21.6 Å². The summed E-state index contributed by atoms with van der Waals surface area (Å²) in [5, 5.41) is 13.2. The van der Waals surface area contributed by atoms with E-state index in [-0.39, 0.29) is 17.3 Å². The zero-order valence-electron chi connectivity index (χ0n) is 16.6. The third kappa shape index (κ3) is 3.54. The Morgan fingerprint density at radius 1 is 1.03 bits per heavy atom. The maximum absolute atomic E-state index is 13.2. The molecule has 1 aliphatic rings. The third-order valence-electron chi connectivity index (χ3n) is 5.29. The summed E-state index contributed by atoms with van der Waals surface area (Å²) in [5.74, 6) is 0.645. The summed E-state index contributed by atoms with van der Waals surface area (Å²) in [4.78, 5) is 0.165. The molecule has 0 atom stereocenters. The Hall–Kier alpha value is -3.01. The summed E-state index contributed by atoms with van der Waals surface area (Å²) in [7, 11) is -1.88. The van der Waals surface area contributed by atoms with Gasteiger partial charge in [0.15, 0.2) is 5.69 Å². The van der Waals surface area contributed by atoms with Gasteiger partial charge in [-0.3, -0.25) is 4.68 Å². The predicted octanol–water partition coefficient (Wildman–Crippen LogP) is 3.54. The van der Waals surface area contributed by atoms with E-state index in [2.05, 4.69) is 15.3 Å². The standard InChI is InChI=1S/C21H18ClN5O3S/c1-26-18-10-11-27(31(28,29)16-9-5-8-15(22)12-16)13-17(18)19(25-26)21-24-23-20(30-21)14-6-3-2-4-7-14/h2-9,12H,10-11,13H2,1H3. The number of aryl methyl sites for hydroxylation is 1. The van der Waals surface area contributed by atoms with Crippen molar-refractivity contribution in [2.24, 2.45) is 7.05 Å². The summed E-state index contributed by atoms with van der Waals surface area (Å²) in [6.07, 6.45) is 0.526. The lowest BCUT2D eigenvalue weighted by atomic mass is 10.1. The molecule has 5 rings (SSSR count). The molecule has 0 aliphatic carbocycles. The van der Waals surface area contributed by atoms with Crippen LogP contribution < -0.4 is 0 Å². The molecule has 0 bridgehead atoms. The van der Waals surface area contributed by atoms with Gasteiger partial charge in [0.2, 0.25) is 15.9 Å². The van der Waals surface area contributed by atoms with Gasteiger partial charge in [-0.2, -0.15) is 9.40 Å². The molecule has 10 heteroatoms. The summed E-state index contributed by atoms with van der Waals surface area (Å²) in [6.45, 7) is 0.510. The van der Waals surface area contributed by atoms with E-state index in [1.807, 2.05) is 37.4 Å². The average molecular weight is 456 g/mol. The van der Waals surface area contributed by atoms with E-state index in [1.165, 1.54) is 10.4 Å². The van der Waals surface area contributed by atoms with Crippen molar-refractivity contribution in [3.63, 3.8) is 0 Å². The molecule has 2 aromatic heterocycles. The molecule has 0 unspecified atom stereocenters. The van der Waals surface area contributed by atoms with Crippen molar-refractivity contribution in [2.45, 2.75) is 17.9 Å². The van der Waals surface area contributed by atoms with Crippen LogP contribution in [0.5, 0.6) is 0 Å². The molecule has 0 saturated carbocycles. The van der Waals surface area contributed by atoms with Crippen LogP contribution in [-0.2, 0) is 30.0 Å². The number of hydrogen-bond acceptors (Lipinski definition) is 6. The monoisotopic (exact) mass is 455 g/mol. The number of rotatable bonds is 4.